The smallest absolute Gasteiger partial charge is 0.168 e. The average Bonchev–Trinajstić information content (AvgIpc) is 3.17. The molecule has 3 aromatic carbocycles. The molecular weight excluding hydrogens is 354 g/mol. The van der Waals surface area contributed by atoms with E-state index in [1.54, 1.807) is 0 Å². The topological polar surface area (TPSA) is 30.7 Å². The van der Waals surface area contributed by atoms with E-state index in [0.29, 0.717) is 0 Å². The fourth-order valence-electron chi connectivity index (χ4n) is 3.94. The Bertz CT molecular complexity index is 1070. The van der Waals surface area contributed by atoms with Crippen LogP contribution < -0.4 is 0 Å². The molecule has 0 unspecified atom stereocenters. The largest absolute Gasteiger partial charge is 0.274 e. The van der Waals surface area contributed by atoms with E-state index in [1.165, 1.54) is 27.9 Å². The van der Waals surface area contributed by atoms with Crippen LogP contribution in [0.3, 0.4) is 0 Å². The van der Waals surface area contributed by atoms with Gasteiger partial charge in [-0.1, -0.05) is 79.6 Å². The Hall–Kier alpha value is -3.20. The predicted octanol–water partition coefficient (Wildman–Crippen LogP) is 6.34. The van der Waals surface area contributed by atoms with Crippen LogP contribution >= 0.6 is 0 Å². The van der Waals surface area contributed by atoms with Gasteiger partial charge in [-0.25, -0.2) is 0 Å². The van der Waals surface area contributed by atoms with Crippen molar-refractivity contribution in [3.05, 3.63) is 89.0 Å². The van der Waals surface area contributed by atoms with Crippen LogP contribution in [-0.2, 0) is 12.8 Å². The molecule has 0 aliphatic heterocycles. The van der Waals surface area contributed by atoms with Crippen LogP contribution in [0.15, 0.2) is 66.7 Å². The molecule has 1 heterocycles. The van der Waals surface area contributed by atoms with Crippen LogP contribution in [0, 0.1) is 13.8 Å². The van der Waals surface area contributed by atoms with E-state index >= 15 is 0 Å². The molecule has 0 bridgehead atoms. The first-order chi connectivity index (χ1) is 14.1. The number of benzene rings is 3. The first-order valence-corrected chi connectivity index (χ1v) is 10.3. The fraction of sp³-hybridized carbons (Fsp3) is 0.231. The Labute approximate surface area is 173 Å². The zero-order valence-electron chi connectivity index (χ0n) is 17.6. The van der Waals surface area contributed by atoms with Crippen molar-refractivity contribution in [1.29, 1.82) is 0 Å². The molecule has 146 valence electrons. The molecule has 0 radical (unpaired) electrons. The summed E-state index contributed by atoms with van der Waals surface area (Å²) in [6.07, 6.45) is 1.92. The second-order valence-corrected chi connectivity index (χ2v) is 7.55. The lowest BCUT2D eigenvalue weighted by Gasteiger charge is -2.18. The van der Waals surface area contributed by atoms with Crippen molar-refractivity contribution in [2.45, 2.75) is 40.5 Å². The van der Waals surface area contributed by atoms with Gasteiger partial charge in [0.1, 0.15) is 0 Å². The highest BCUT2D eigenvalue weighted by atomic mass is 15.3. The third-order valence-corrected chi connectivity index (χ3v) is 5.40. The molecule has 0 saturated carbocycles. The molecular formula is C26H27N3. The summed E-state index contributed by atoms with van der Waals surface area (Å²) in [5, 5.41) is 9.35. The number of nitrogens with zero attached hydrogens (tertiary/aromatic N) is 3. The molecule has 4 aromatic rings. The van der Waals surface area contributed by atoms with E-state index in [0.717, 1.165) is 35.6 Å². The van der Waals surface area contributed by atoms with Gasteiger partial charge in [-0.3, -0.25) is 4.57 Å². The Balaban J connectivity index is 2.07. The molecule has 4 rings (SSSR count). The maximum Gasteiger partial charge on any atom is 0.168 e. The summed E-state index contributed by atoms with van der Waals surface area (Å²) in [4.78, 5) is 0. The van der Waals surface area contributed by atoms with Crippen molar-refractivity contribution in [2.75, 3.05) is 0 Å². The van der Waals surface area contributed by atoms with Crippen molar-refractivity contribution in [2.24, 2.45) is 0 Å². The van der Waals surface area contributed by atoms with Gasteiger partial charge in [0, 0.05) is 11.1 Å². The Morgan fingerprint density at radius 1 is 0.655 bits per heavy atom. The van der Waals surface area contributed by atoms with Crippen molar-refractivity contribution >= 4 is 0 Å². The van der Waals surface area contributed by atoms with E-state index in [-0.39, 0.29) is 0 Å². The highest BCUT2D eigenvalue weighted by Crippen LogP contribution is 2.33. The van der Waals surface area contributed by atoms with Crippen LogP contribution in [0.5, 0.6) is 0 Å². The minimum Gasteiger partial charge on any atom is -0.274 e. The molecule has 0 fully saturated rings. The molecule has 0 amide bonds. The molecule has 0 aliphatic rings. The molecule has 3 nitrogen and oxygen atoms in total. The van der Waals surface area contributed by atoms with Crippen molar-refractivity contribution < 1.29 is 0 Å². The highest BCUT2D eigenvalue weighted by Gasteiger charge is 2.21. The third kappa shape index (κ3) is 3.61. The molecule has 1 aromatic heterocycles. The monoisotopic (exact) mass is 381 g/mol. The summed E-state index contributed by atoms with van der Waals surface area (Å²) in [6.45, 7) is 8.65. The lowest BCUT2D eigenvalue weighted by Crippen LogP contribution is -2.07. The minimum absolute atomic E-state index is 0.890. The lowest BCUT2D eigenvalue weighted by molar-refractivity contribution is 0.971. The normalized spacial score (nSPS) is 11.0. The van der Waals surface area contributed by atoms with Crippen LogP contribution in [0.25, 0.3) is 28.5 Å². The van der Waals surface area contributed by atoms with Gasteiger partial charge in [0.15, 0.2) is 11.6 Å². The summed E-state index contributed by atoms with van der Waals surface area (Å²) >= 11 is 0. The number of aryl methyl sites for hydroxylation is 4. The fourth-order valence-corrected chi connectivity index (χ4v) is 3.94. The van der Waals surface area contributed by atoms with Gasteiger partial charge in [0.25, 0.3) is 0 Å². The molecule has 0 aliphatic carbocycles. The van der Waals surface area contributed by atoms with Gasteiger partial charge in [0.2, 0.25) is 0 Å². The Morgan fingerprint density at radius 3 is 1.52 bits per heavy atom. The van der Waals surface area contributed by atoms with Crippen LogP contribution in [-0.4, -0.2) is 14.8 Å². The van der Waals surface area contributed by atoms with Gasteiger partial charge in [-0.2, -0.15) is 0 Å². The van der Waals surface area contributed by atoms with E-state index in [2.05, 4.69) is 109 Å². The van der Waals surface area contributed by atoms with Gasteiger partial charge in [0.05, 0.1) is 5.69 Å². The summed E-state index contributed by atoms with van der Waals surface area (Å²) in [7, 11) is 0. The molecule has 29 heavy (non-hydrogen) atoms. The minimum atomic E-state index is 0.890. The maximum atomic E-state index is 4.67. The number of hydrogen-bond acceptors (Lipinski definition) is 2. The van der Waals surface area contributed by atoms with Crippen LogP contribution in [0.2, 0.25) is 0 Å². The lowest BCUT2D eigenvalue weighted by atomic mass is 10.0. The highest BCUT2D eigenvalue weighted by molar-refractivity contribution is 5.69. The van der Waals surface area contributed by atoms with Gasteiger partial charge in [-0.05, 0) is 49.9 Å². The van der Waals surface area contributed by atoms with Gasteiger partial charge in [-0.15, -0.1) is 10.2 Å². The average molecular weight is 382 g/mol. The maximum absolute atomic E-state index is 4.67. The first kappa shape index (κ1) is 19.1. The zero-order valence-corrected chi connectivity index (χ0v) is 17.6. The van der Waals surface area contributed by atoms with Crippen LogP contribution in [0.4, 0.5) is 0 Å². The molecule has 0 N–H and O–H groups in total. The Morgan fingerprint density at radius 2 is 1.10 bits per heavy atom. The summed E-state index contributed by atoms with van der Waals surface area (Å²) in [6, 6.07) is 23.6. The van der Waals surface area contributed by atoms with Gasteiger partial charge < -0.3 is 0 Å². The standard InChI is InChI=1S/C26H27N3/c1-5-20-12-9-13-21(6-2)24(20)29-25(22-14-7-10-18(3)16-22)27-28-26(29)23-15-8-11-19(4)17-23/h7-17H,5-6H2,1-4H3. The van der Waals surface area contributed by atoms with Crippen molar-refractivity contribution in [3.63, 3.8) is 0 Å². The van der Waals surface area contributed by atoms with Gasteiger partial charge >= 0.3 is 0 Å². The van der Waals surface area contributed by atoms with Crippen molar-refractivity contribution in [1.82, 2.24) is 14.8 Å². The number of rotatable bonds is 5. The van der Waals surface area contributed by atoms with Crippen LogP contribution in [0.1, 0.15) is 36.1 Å². The predicted molar refractivity (Wildman–Crippen MR) is 120 cm³/mol. The summed E-state index contributed by atoms with van der Waals surface area (Å²) < 4.78 is 2.27. The second-order valence-electron chi connectivity index (χ2n) is 7.55. The zero-order chi connectivity index (χ0) is 20.4. The third-order valence-electron chi connectivity index (χ3n) is 5.40. The second kappa shape index (κ2) is 8.04. The summed E-state index contributed by atoms with van der Waals surface area (Å²) in [5.74, 6) is 1.78. The number of hydrogen-bond donors (Lipinski definition) is 0. The first-order valence-electron chi connectivity index (χ1n) is 10.3. The van der Waals surface area contributed by atoms with E-state index in [1.807, 2.05) is 0 Å². The SMILES string of the molecule is CCc1cccc(CC)c1-n1c(-c2cccc(C)c2)nnc1-c1cccc(C)c1. The van der Waals surface area contributed by atoms with E-state index < -0.39 is 0 Å². The molecule has 0 spiro atoms. The van der Waals surface area contributed by atoms with E-state index in [4.69, 9.17) is 0 Å². The Kier molecular flexibility index (Phi) is 5.30. The van der Waals surface area contributed by atoms with E-state index in [9.17, 15) is 0 Å². The van der Waals surface area contributed by atoms with Crippen molar-refractivity contribution in [3.8, 4) is 28.5 Å². The summed E-state index contributed by atoms with van der Waals surface area (Å²) in [5.41, 5.74) is 8.45. The molecule has 0 saturated heterocycles. The molecule has 0 atom stereocenters. The molecule has 3 heteroatoms. The quantitative estimate of drug-likeness (QED) is 0.404. The number of para-hydroxylation sites is 1. The number of aromatic nitrogens is 3.